The van der Waals surface area contributed by atoms with Crippen molar-refractivity contribution in [3.63, 3.8) is 0 Å². The van der Waals surface area contributed by atoms with Gasteiger partial charge in [0.05, 0.1) is 0 Å². The van der Waals surface area contributed by atoms with Crippen molar-refractivity contribution in [2.24, 2.45) is 5.92 Å². The lowest BCUT2D eigenvalue weighted by Crippen LogP contribution is -2.28. The highest BCUT2D eigenvalue weighted by Gasteiger charge is 2.17. The first kappa shape index (κ1) is 13.2. The summed E-state index contributed by atoms with van der Waals surface area (Å²) in [5.41, 5.74) is 2.62. The van der Waals surface area contributed by atoms with Gasteiger partial charge in [-0.05, 0) is 30.0 Å². The van der Waals surface area contributed by atoms with Crippen LogP contribution < -0.4 is 5.32 Å². The van der Waals surface area contributed by atoms with Gasteiger partial charge in [0.2, 0.25) is 0 Å². The summed E-state index contributed by atoms with van der Waals surface area (Å²) in [6.07, 6.45) is 1.07. The van der Waals surface area contributed by atoms with Crippen LogP contribution in [0, 0.1) is 5.92 Å². The van der Waals surface area contributed by atoms with E-state index in [1.165, 1.54) is 11.1 Å². The summed E-state index contributed by atoms with van der Waals surface area (Å²) < 4.78 is 0. The van der Waals surface area contributed by atoms with E-state index >= 15 is 0 Å². The fraction of sp³-hybridized carbons (Fsp3) is 0.571. The van der Waals surface area contributed by atoms with Crippen molar-refractivity contribution in [1.29, 1.82) is 0 Å². The van der Waals surface area contributed by atoms with Gasteiger partial charge < -0.3 is 10.4 Å². The highest BCUT2D eigenvalue weighted by Crippen LogP contribution is 2.22. The average molecular weight is 221 g/mol. The van der Waals surface area contributed by atoms with Crippen molar-refractivity contribution in [3.8, 4) is 0 Å². The molecule has 0 bridgehead atoms. The second-order valence-corrected chi connectivity index (χ2v) is 4.29. The molecule has 0 heterocycles. The van der Waals surface area contributed by atoms with Crippen molar-refractivity contribution in [2.45, 2.75) is 33.2 Å². The van der Waals surface area contributed by atoms with Gasteiger partial charge in [0.15, 0.2) is 0 Å². The topological polar surface area (TPSA) is 32.3 Å². The van der Waals surface area contributed by atoms with Gasteiger partial charge in [-0.2, -0.15) is 0 Å². The van der Waals surface area contributed by atoms with E-state index in [2.05, 4.69) is 50.4 Å². The Hall–Kier alpha value is -0.860. The zero-order chi connectivity index (χ0) is 12.0. The third kappa shape index (κ3) is 3.32. The second-order valence-electron chi connectivity index (χ2n) is 4.29. The molecule has 2 heteroatoms. The Morgan fingerprint density at radius 2 is 1.81 bits per heavy atom. The number of rotatable bonds is 6. The highest BCUT2D eigenvalue weighted by atomic mass is 16.3. The Kier molecular flexibility index (Phi) is 5.50. The van der Waals surface area contributed by atoms with Gasteiger partial charge in [0, 0.05) is 12.6 Å². The molecule has 1 aromatic rings. The average Bonchev–Trinajstić information content (AvgIpc) is 2.35. The summed E-state index contributed by atoms with van der Waals surface area (Å²) in [6.45, 7) is 7.46. The van der Waals surface area contributed by atoms with Crippen LogP contribution in [0.2, 0.25) is 0 Å². The van der Waals surface area contributed by atoms with Crippen LogP contribution in [0.4, 0.5) is 0 Å². The Labute approximate surface area is 98.7 Å². The van der Waals surface area contributed by atoms with Gasteiger partial charge in [-0.15, -0.1) is 0 Å². The fourth-order valence-electron chi connectivity index (χ4n) is 1.93. The minimum absolute atomic E-state index is 0.215. The molecule has 0 fully saturated rings. The summed E-state index contributed by atoms with van der Waals surface area (Å²) in [5.74, 6) is 0.243. The molecule has 0 amide bonds. The van der Waals surface area contributed by atoms with Gasteiger partial charge >= 0.3 is 0 Å². The molecule has 1 rings (SSSR count). The first-order valence-electron chi connectivity index (χ1n) is 6.16. The molecule has 0 aliphatic heterocycles. The fourth-order valence-corrected chi connectivity index (χ4v) is 1.93. The van der Waals surface area contributed by atoms with Crippen LogP contribution in [0.3, 0.4) is 0 Å². The molecule has 2 atom stereocenters. The Morgan fingerprint density at radius 3 is 2.25 bits per heavy atom. The molecule has 2 nitrogen and oxygen atoms in total. The number of hydrogen-bond acceptors (Lipinski definition) is 2. The maximum absolute atomic E-state index is 9.25. The van der Waals surface area contributed by atoms with E-state index in [-0.39, 0.29) is 18.6 Å². The van der Waals surface area contributed by atoms with Gasteiger partial charge in [0.25, 0.3) is 0 Å². The number of benzene rings is 1. The predicted octanol–water partition coefficient (Wildman–Crippen LogP) is 2.53. The Morgan fingerprint density at radius 1 is 1.19 bits per heavy atom. The molecular formula is C14H23NO. The van der Waals surface area contributed by atoms with E-state index in [0.29, 0.717) is 0 Å². The van der Waals surface area contributed by atoms with Crippen molar-refractivity contribution in [1.82, 2.24) is 5.32 Å². The van der Waals surface area contributed by atoms with Gasteiger partial charge in [-0.25, -0.2) is 0 Å². The van der Waals surface area contributed by atoms with E-state index < -0.39 is 0 Å². The minimum Gasteiger partial charge on any atom is -0.396 e. The summed E-state index contributed by atoms with van der Waals surface area (Å²) >= 11 is 0. The van der Waals surface area contributed by atoms with Crippen LogP contribution in [0.25, 0.3) is 0 Å². The monoisotopic (exact) mass is 221 g/mol. The molecule has 0 aromatic heterocycles. The minimum atomic E-state index is 0.215. The summed E-state index contributed by atoms with van der Waals surface area (Å²) in [7, 11) is 0. The van der Waals surface area contributed by atoms with Crippen molar-refractivity contribution < 1.29 is 5.11 Å². The van der Waals surface area contributed by atoms with Crippen LogP contribution in [0.5, 0.6) is 0 Å². The van der Waals surface area contributed by atoms with E-state index in [1.54, 1.807) is 0 Å². The lowest BCUT2D eigenvalue weighted by molar-refractivity contribution is 0.203. The second kappa shape index (κ2) is 6.66. The molecule has 2 N–H and O–H groups in total. The molecule has 0 saturated carbocycles. The normalized spacial score (nSPS) is 14.8. The summed E-state index contributed by atoms with van der Waals surface area (Å²) in [6, 6.07) is 8.92. The number of aliphatic hydroxyl groups excluding tert-OH is 1. The summed E-state index contributed by atoms with van der Waals surface area (Å²) in [4.78, 5) is 0. The van der Waals surface area contributed by atoms with Gasteiger partial charge in [-0.1, -0.05) is 45.0 Å². The zero-order valence-electron chi connectivity index (χ0n) is 10.5. The smallest absolute Gasteiger partial charge is 0.0474 e. The largest absolute Gasteiger partial charge is 0.396 e. The number of nitrogens with one attached hydrogen (secondary N) is 1. The van der Waals surface area contributed by atoms with Crippen molar-refractivity contribution in [2.75, 3.05) is 13.2 Å². The standard InChI is InChI=1S/C14H23NO/c1-4-12-6-8-13(9-7-12)14(15-5-2)11(3)10-16/h6-9,11,14-16H,4-5,10H2,1-3H3. The van der Waals surface area contributed by atoms with Crippen LogP contribution in [-0.2, 0) is 6.42 Å². The maximum Gasteiger partial charge on any atom is 0.0474 e. The Bertz CT molecular complexity index is 294. The lowest BCUT2D eigenvalue weighted by Gasteiger charge is -2.24. The molecule has 0 radical (unpaired) electrons. The summed E-state index contributed by atoms with van der Waals surface area (Å²) in [5, 5.41) is 12.7. The van der Waals surface area contributed by atoms with E-state index in [0.717, 1.165) is 13.0 Å². The molecule has 0 spiro atoms. The number of aryl methyl sites for hydroxylation is 1. The van der Waals surface area contributed by atoms with Crippen LogP contribution in [-0.4, -0.2) is 18.3 Å². The van der Waals surface area contributed by atoms with Crippen LogP contribution in [0.15, 0.2) is 24.3 Å². The molecular weight excluding hydrogens is 198 g/mol. The third-order valence-electron chi connectivity index (χ3n) is 3.03. The van der Waals surface area contributed by atoms with E-state index in [4.69, 9.17) is 0 Å². The number of hydrogen-bond donors (Lipinski definition) is 2. The SMILES string of the molecule is CCNC(c1ccc(CC)cc1)C(C)CO. The molecule has 0 aliphatic carbocycles. The number of aliphatic hydroxyl groups is 1. The maximum atomic E-state index is 9.25. The van der Waals surface area contributed by atoms with Crippen molar-refractivity contribution >= 4 is 0 Å². The quantitative estimate of drug-likeness (QED) is 0.773. The van der Waals surface area contributed by atoms with Gasteiger partial charge in [-0.3, -0.25) is 0 Å². The predicted molar refractivity (Wildman–Crippen MR) is 68.5 cm³/mol. The molecule has 0 saturated heterocycles. The first-order valence-corrected chi connectivity index (χ1v) is 6.16. The Balaban J connectivity index is 2.83. The lowest BCUT2D eigenvalue weighted by atomic mass is 9.94. The molecule has 90 valence electrons. The van der Waals surface area contributed by atoms with E-state index in [1.807, 2.05) is 0 Å². The zero-order valence-corrected chi connectivity index (χ0v) is 10.5. The first-order chi connectivity index (χ1) is 7.72. The third-order valence-corrected chi connectivity index (χ3v) is 3.03. The molecule has 16 heavy (non-hydrogen) atoms. The molecule has 2 unspecified atom stereocenters. The molecule has 0 aliphatic rings. The van der Waals surface area contributed by atoms with Crippen LogP contribution >= 0.6 is 0 Å². The van der Waals surface area contributed by atoms with Crippen molar-refractivity contribution in [3.05, 3.63) is 35.4 Å². The van der Waals surface area contributed by atoms with Gasteiger partial charge in [0.1, 0.15) is 0 Å². The van der Waals surface area contributed by atoms with E-state index in [9.17, 15) is 5.11 Å². The molecule has 1 aromatic carbocycles. The highest BCUT2D eigenvalue weighted by molar-refractivity contribution is 5.25. The van der Waals surface area contributed by atoms with Crippen LogP contribution in [0.1, 0.15) is 37.9 Å².